The second-order valence-corrected chi connectivity index (χ2v) is 7.35. The normalized spacial score (nSPS) is 11.9. The number of rotatable bonds is 6. The Morgan fingerprint density at radius 1 is 0.920 bits per heavy atom. The van der Waals surface area contributed by atoms with E-state index in [9.17, 15) is 4.21 Å². The predicted molar refractivity (Wildman–Crippen MR) is 104 cm³/mol. The van der Waals surface area contributed by atoms with Crippen LogP contribution in [0.5, 0.6) is 0 Å². The lowest BCUT2D eigenvalue weighted by atomic mass is 10.1. The Labute approximate surface area is 151 Å². The molecule has 2 aromatic carbocycles. The van der Waals surface area contributed by atoms with Crippen molar-refractivity contribution >= 4 is 16.7 Å². The summed E-state index contributed by atoms with van der Waals surface area (Å²) >= 11 is 0. The highest BCUT2D eigenvalue weighted by Crippen LogP contribution is 2.18. The van der Waals surface area contributed by atoms with Crippen LogP contribution in [0.1, 0.15) is 22.4 Å². The summed E-state index contributed by atoms with van der Waals surface area (Å²) in [6, 6.07) is 20.0. The number of aromatic nitrogens is 1. The van der Waals surface area contributed by atoms with Crippen molar-refractivity contribution < 1.29 is 4.21 Å². The van der Waals surface area contributed by atoms with E-state index in [1.165, 1.54) is 11.1 Å². The number of nitrogens with one attached hydrogen (secondary N) is 1. The van der Waals surface area contributed by atoms with Crippen molar-refractivity contribution in [1.29, 1.82) is 0 Å². The molecular weight excluding hydrogens is 328 g/mol. The largest absolute Gasteiger partial charge is 0.301 e. The maximum Gasteiger partial charge on any atom is 0.150 e. The second-order valence-electron chi connectivity index (χ2n) is 6.14. The molecule has 1 heterocycles. The zero-order valence-corrected chi connectivity index (χ0v) is 15.3. The first kappa shape index (κ1) is 17.4. The number of pyridine rings is 1. The molecule has 0 bridgehead atoms. The standard InChI is InChI=1S/C21H22N2OS/c1-16-9-12-21(14-17(16)2)25(24)23-20-8-5-6-18(15-20)10-11-19-7-3-4-13-22-19/h3-9,12-15,23H,10-11H2,1-2H3. The fraction of sp³-hybridized carbons (Fsp3) is 0.190. The zero-order chi connectivity index (χ0) is 17.6. The topological polar surface area (TPSA) is 42.0 Å². The van der Waals surface area contributed by atoms with Crippen LogP contribution in [0.15, 0.2) is 71.8 Å². The van der Waals surface area contributed by atoms with Crippen LogP contribution in [0.3, 0.4) is 0 Å². The van der Waals surface area contributed by atoms with Crippen LogP contribution in [0, 0.1) is 13.8 Å². The van der Waals surface area contributed by atoms with E-state index >= 15 is 0 Å². The van der Waals surface area contributed by atoms with E-state index < -0.39 is 11.0 Å². The van der Waals surface area contributed by atoms with Crippen LogP contribution in [-0.4, -0.2) is 9.19 Å². The van der Waals surface area contributed by atoms with Crippen molar-refractivity contribution in [3.63, 3.8) is 0 Å². The van der Waals surface area contributed by atoms with Gasteiger partial charge < -0.3 is 4.72 Å². The molecule has 0 aliphatic heterocycles. The fourth-order valence-electron chi connectivity index (χ4n) is 2.60. The highest BCUT2D eigenvalue weighted by Gasteiger charge is 2.06. The highest BCUT2D eigenvalue weighted by molar-refractivity contribution is 7.86. The first-order valence-corrected chi connectivity index (χ1v) is 9.51. The molecule has 4 heteroatoms. The van der Waals surface area contributed by atoms with E-state index in [-0.39, 0.29) is 0 Å². The summed E-state index contributed by atoms with van der Waals surface area (Å²) in [7, 11) is -1.26. The van der Waals surface area contributed by atoms with Gasteiger partial charge in [0.2, 0.25) is 0 Å². The highest BCUT2D eigenvalue weighted by atomic mass is 32.2. The second kappa shape index (κ2) is 8.08. The number of anilines is 1. The van der Waals surface area contributed by atoms with Crippen molar-refractivity contribution in [3.05, 3.63) is 89.2 Å². The Bertz CT molecular complexity index is 878. The molecule has 0 saturated heterocycles. The predicted octanol–water partition coefficient (Wildman–Crippen LogP) is 4.62. The van der Waals surface area contributed by atoms with E-state index in [2.05, 4.69) is 28.8 Å². The molecule has 0 radical (unpaired) electrons. The summed E-state index contributed by atoms with van der Waals surface area (Å²) in [6.45, 7) is 4.09. The van der Waals surface area contributed by atoms with Crippen LogP contribution < -0.4 is 4.72 Å². The lowest BCUT2D eigenvalue weighted by molar-refractivity contribution is 0.686. The first-order chi connectivity index (χ1) is 12.1. The Morgan fingerprint density at radius 3 is 2.56 bits per heavy atom. The van der Waals surface area contributed by atoms with E-state index in [1.807, 2.05) is 61.7 Å². The lowest BCUT2D eigenvalue weighted by Crippen LogP contribution is -2.05. The van der Waals surface area contributed by atoms with Crippen molar-refractivity contribution in [1.82, 2.24) is 4.98 Å². The van der Waals surface area contributed by atoms with E-state index in [0.29, 0.717) is 0 Å². The maximum absolute atomic E-state index is 12.6. The van der Waals surface area contributed by atoms with Gasteiger partial charge in [-0.3, -0.25) is 4.98 Å². The van der Waals surface area contributed by atoms with Gasteiger partial charge >= 0.3 is 0 Å². The minimum absolute atomic E-state index is 0.794. The number of nitrogens with zero attached hydrogens (tertiary/aromatic N) is 1. The molecule has 0 saturated carbocycles. The van der Waals surface area contributed by atoms with Gasteiger partial charge in [-0.1, -0.05) is 24.3 Å². The van der Waals surface area contributed by atoms with Crippen LogP contribution in [0.25, 0.3) is 0 Å². The third-order valence-electron chi connectivity index (χ3n) is 4.23. The molecule has 0 spiro atoms. The Hall–Kier alpha value is -2.46. The van der Waals surface area contributed by atoms with Crippen molar-refractivity contribution in [2.75, 3.05) is 4.72 Å². The molecule has 1 unspecified atom stereocenters. The fourth-order valence-corrected chi connectivity index (χ4v) is 3.54. The summed E-state index contributed by atoms with van der Waals surface area (Å²) in [5.41, 5.74) is 5.51. The quantitative estimate of drug-likeness (QED) is 0.705. The minimum Gasteiger partial charge on any atom is -0.301 e. The molecule has 0 amide bonds. The third-order valence-corrected chi connectivity index (χ3v) is 5.33. The molecule has 3 nitrogen and oxygen atoms in total. The summed E-state index contributed by atoms with van der Waals surface area (Å²) in [5.74, 6) is 0. The number of benzene rings is 2. The SMILES string of the molecule is Cc1ccc(S(=O)Nc2cccc(CCc3ccccn3)c2)cc1C. The molecule has 3 aromatic rings. The number of aryl methyl sites for hydroxylation is 4. The van der Waals surface area contributed by atoms with E-state index in [0.717, 1.165) is 34.7 Å². The molecule has 25 heavy (non-hydrogen) atoms. The van der Waals surface area contributed by atoms with Crippen LogP contribution in [0.2, 0.25) is 0 Å². The summed E-state index contributed by atoms with van der Waals surface area (Å²) in [5, 5.41) is 0. The summed E-state index contributed by atoms with van der Waals surface area (Å²) < 4.78 is 15.7. The molecule has 3 rings (SSSR count). The van der Waals surface area contributed by atoms with Gasteiger partial charge in [0.15, 0.2) is 0 Å². The molecule has 0 fully saturated rings. The summed E-state index contributed by atoms with van der Waals surface area (Å²) in [4.78, 5) is 5.15. The monoisotopic (exact) mass is 350 g/mol. The minimum atomic E-state index is -1.26. The molecule has 1 atom stereocenters. The van der Waals surface area contributed by atoms with Gasteiger partial charge in [0.05, 0.1) is 4.90 Å². The van der Waals surface area contributed by atoms with Gasteiger partial charge in [-0.25, -0.2) is 4.21 Å². The maximum atomic E-state index is 12.6. The molecule has 1 aromatic heterocycles. The van der Waals surface area contributed by atoms with Crippen LogP contribution in [0.4, 0.5) is 5.69 Å². The van der Waals surface area contributed by atoms with Crippen molar-refractivity contribution in [2.24, 2.45) is 0 Å². The van der Waals surface area contributed by atoms with E-state index in [1.54, 1.807) is 0 Å². The molecule has 0 aliphatic rings. The smallest absolute Gasteiger partial charge is 0.150 e. The Kier molecular flexibility index (Phi) is 5.61. The molecule has 128 valence electrons. The lowest BCUT2D eigenvalue weighted by Gasteiger charge is -2.09. The summed E-state index contributed by atoms with van der Waals surface area (Å²) in [6.07, 6.45) is 3.62. The van der Waals surface area contributed by atoms with Crippen LogP contribution >= 0.6 is 0 Å². The van der Waals surface area contributed by atoms with E-state index in [4.69, 9.17) is 0 Å². The molecular formula is C21H22N2OS. The van der Waals surface area contributed by atoms with Gasteiger partial charge in [-0.2, -0.15) is 0 Å². The molecule has 0 aliphatic carbocycles. The van der Waals surface area contributed by atoms with Gasteiger partial charge in [0.1, 0.15) is 11.0 Å². The third kappa shape index (κ3) is 4.77. The van der Waals surface area contributed by atoms with Gasteiger partial charge in [-0.05, 0) is 79.8 Å². The van der Waals surface area contributed by atoms with Crippen molar-refractivity contribution in [3.8, 4) is 0 Å². The van der Waals surface area contributed by atoms with Gasteiger partial charge in [0.25, 0.3) is 0 Å². The Balaban J connectivity index is 1.66. The first-order valence-electron chi connectivity index (χ1n) is 8.36. The number of hydrogen-bond donors (Lipinski definition) is 1. The van der Waals surface area contributed by atoms with Gasteiger partial charge in [-0.15, -0.1) is 0 Å². The average molecular weight is 350 g/mol. The zero-order valence-electron chi connectivity index (χ0n) is 14.5. The van der Waals surface area contributed by atoms with Crippen LogP contribution in [-0.2, 0) is 23.8 Å². The number of hydrogen-bond acceptors (Lipinski definition) is 2. The Morgan fingerprint density at radius 2 is 1.80 bits per heavy atom. The molecule has 1 N–H and O–H groups in total. The average Bonchev–Trinajstić information content (AvgIpc) is 2.63. The van der Waals surface area contributed by atoms with Crippen molar-refractivity contribution in [2.45, 2.75) is 31.6 Å². The van der Waals surface area contributed by atoms with Gasteiger partial charge in [0, 0.05) is 17.6 Å².